The fraction of sp³-hybridized carbons (Fsp3) is 0.333. The number of rotatable bonds is 3. The van der Waals surface area contributed by atoms with Crippen LogP contribution < -0.4 is 0 Å². The van der Waals surface area contributed by atoms with Crippen LogP contribution in [0.1, 0.15) is 10.5 Å². The van der Waals surface area contributed by atoms with Gasteiger partial charge in [-0.3, -0.25) is 10.1 Å². The molecule has 0 amide bonds. The first kappa shape index (κ1) is 11.6. The highest BCUT2D eigenvalue weighted by Gasteiger charge is 2.40. The molecule has 1 heterocycles. The third-order valence-corrected chi connectivity index (χ3v) is 1.74. The van der Waals surface area contributed by atoms with E-state index in [1.807, 2.05) is 0 Å². The minimum atomic E-state index is -1.06. The molecule has 16 heavy (non-hydrogen) atoms. The summed E-state index contributed by atoms with van der Waals surface area (Å²) in [6.07, 6.45) is 0. The van der Waals surface area contributed by atoms with Gasteiger partial charge < -0.3 is 14.9 Å². The predicted molar refractivity (Wildman–Crippen MR) is 47.9 cm³/mol. The van der Waals surface area contributed by atoms with Gasteiger partial charge in [0.15, 0.2) is 0 Å². The van der Waals surface area contributed by atoms with Crippen LogP contribution in [0.15, 0.2) is 0 Å². The van der Waals surface area contributed by atoms with Crippen LogP contribution in [0.25, 0.3) is 0 Å². The van der Waals surface area contributed by atoms with E-state index < -0.39 is 33.0 Å². The average molecular weight is 230 g/mol. The van der Waals surface area contributed by atoms with Crippen LogP contribution in [0.4, 0.5) is 11.5 Å². The Bertz CT molecular complexity index is 478. The van der Waals surface area contributed by atoms with Gasteiger partial charge in [0.25, 0.3) is 5.69 Å². The van der Waals surface area contributed by atoms with Crippen molar-refractivity contribution in [3.8, 4) is 0 Å². The molecule has 0 aliphatic heterocycles. The van der Waals surface area contributed by atoms with E-state index in [0.717, 1.165) is 11.8 Å². The molecular formula is C6H6N4O6. The summed E-state index contributed by atoms with van der Waals surface area (Å²) in [5.74, 6) is -2.05. The third kappa shape index (κ3) is 1.67. The number of methoxy groups -OCH3 is 1. The molecule has 0 aliphatic carbocycles. The molecule has 0 unspecified atom stereocenters. The van der Waals surface area contributed by atoms with E-state index in [1.54, 1.807) is 0 Å². The van der Waals surface area contributed by atoms with E-state index in [9.17, 15) is 25.0 Å². The molecule has 0 spiro atoms. The highest BCUT2D eigenvalue weighted by atomic mass is 16.6. The molecule has 0 radical (unpaired) electrons. The van der Waals surface area contributed by atoms with Crippen LogP contribution >= 0.6 is 0 Å². The lowest BCUT2D eigenvalue weighted by Gasteiger charge is -1.95. The molecule has 0 saturated carbocycles. The second-order valence-electron chi connectivity index (χ2n) is 2.65. The van der Waals surface area contributed by atoms with E-state index in [1.165, 1.54) is 7.05 Å². The number of hydrogen-bond acceptors (Lipinski definition) is 7. The lowest BCUT2D eigenvalue weighted by Crippen LogP contribution is -2.10. The molecule has 0 aliphatic rings. The summed E-state index contributed by atoms with van der Waals surface area (Å²) in [4.78, 5) is 30.2. The van der Waals surface area contributed by atoms with Gasteiger partial charge in [-0.15, -0.1) is 0 Å². The number of carbonyl (C=O) groups is 1. The average Bonchev–Trinajstić information content (AvgIpc) is 2.55. The van der Waals surface area contributed by atoms with Crippen LogP contribution in [0.3, 0.4) is 0 Å². The third-order valence-electron chi connectivity index (χ3n) is 1.74. The zero-order valence-corrected chi connectivity index (χ0v) is 8.24. The molecule has 1 aromatic heterocycles. The van der Waals surface area contributed by atoms with Gasteiger partial charge in [-0.05, 0) is 4.92 Å². The van der Waals surface area contributed by atoms with Crippen molar-refractivity contribution in [3.63, 3.8) is 0 Å². The fourth-order valence-electron chi connectivity index (χ4n) is 1.12. The molecule has 0 aromatic carbocycles. The van der Waals surface area contributed by atoms with Gasteiger partial charge >= 0.3 is 17.5 Å². The number of aromatic nitrogens is 2. The van der Waals surface area contributed by atoms with Crippen molar-refractivity contribution in [1.29, 1.82) is 0 Å². The highest BCUT2D eigenvalue weighted by Crippen LogP contribution is 2.29. The van der Waals surface area contributed by atoms with Crippen molar-refractivity contribution in [1.82, 2.24) is 9.78 Å². The Morgan fingerprint density at radius 1 is 1.38 bits per heavy atom. The van der Waals surface area contributed by atoms with E-state index in [4.69, 9.17) is 0 Å². The van der Waals surface area contributed by atoms with E-state index in [2.05, 4.69) is 9.84 Å². The van der Waals surface area contributed by atoms with Crippen LogP contribution in [0, 0.1) is 20.2 Å². The second kappa shape index (κ2) is 3.92. The normalized spacial score (nSPS) is 9.88. The molecule has 10 heteroatoms. The number of nitro groups is 2. The first-order valence-corrected chi connectivity index (χ1v) is 3.84. The van der Waals surface area contributed by atoms with Gasteiger partial charge in [-0.2, -0.15) is 4.68 Å². The van der Waals surface area contributed by atoms with Gasteiger partial charge in [0.1, 0.15) is 0 Å². The minimum absolute atomic E-state index is 0.570. The standard InChI is InChI=1S/C6H6N4O6/c1-8-4(6(11)16-2)3(9(12)13)5(7-8)10(14)15/h1-2H3. The van der Waals surface area contributed by atoms with Crippen molar-refractivity contribution >= 4 is 17.5 Å². The Hall–Kier alpha value is -2.52. The topological polar surface area (TPSA) is 130 Å². The molecule has 0 saturated heterocycles. The number of carbonyl (C=O) groups excluding carboxylic acids is 1. The molecule has 0 N–H and O–H groups in total. The van der Waals surface area contributed by atoms with Crippen LogP contribution in [-0.2, 0) is 11.8 Å². The van der Waals surface area contributed by atoms with Crippen molar-refractivity contribution in [3.05, 3.63) is 25.9 Å². The van der Waals surface area contributed by atoms with Crippen LogP contribution in [-0.4, -0.2) is 32.7 Å². The molecule has 86 valence electrons. The Morgan fingerprint density at radius 2 is 1.94 bits per heavy atom. The highest BCUT2D eigenvalue weighted by molar-refractivity contribution is 5.93. The van der Waals surface area contributed by atoms with Gasteiger partial charge in [-0.1, -0.05) is 0 Å². The SMILES string of the molecule is COC(=O)c1c([N+](=O)[O-])c([N+](=O)[O-])nn1C. The molecule has 0 bridgehead atoms. The summed E-state index contributed by atoms with van der Waals surface area (Å²) in [7, 11) is 2.18. The Morgan fingerprint density at radius 3 is 2.31 bits per heavy atom. The fourth-order valence-corrected chi connectivity index (χ4v) is 1.12. The van der Waals surface area contributed by atoms with Crippen LogP contribution in [0.5, 0.6) is 0 Å². The maximum absolute atomic E-state index is 11.2. The quantitative estimate of drug-likeness (QED) is 0.406. The van der Waals surface area contributed by atoms with E-state index >= 15 is 0 Å². The minimum Gasteiger partial charge on any atom is -0.464 e. The van der Waals surface area contributed by atoms with E-state index in [-0.39, 0.29) is 0 Å². The summed E-state index contributed by atoms with van der Waals surface area (Å²) >= 11 is 0. The number of hydrogen-bond donors (Lipinski definition) is 0. The predicted octanol–water partition coefficient (Wildman–Crippen LogP) is 0.0231. The lowest BCUT2D eigenvalue weighted by atomic mass is 10.3. The van der Waals surface area contributed by atoms with E-state index in [0.29, 0.717) is 0 Å². The Labute approximate surface area is 87.7 Å². The van der Waals surface area contributed by atoms with Gasteiger partial charge in [0.05, 0.1) is 24.2 Å². The molecule has 1 rings (SSSR count). The number of aryl methyl sites for hydroxylation is 1. The lowest BCUT2D eigenvalue weighted by molar-refractivity contribution is -0.424. The Kier molecular flexibility index (Phi) is 2.83. The molecule has 0 atom stereocenters. The molecular weight excluding hydrogens is 224 g/mol. The van der Waals surface area contributed by atoms with Crippen molar-refractivity contribution in [2.24, 2.45) is 7.05 Å². The zero-order valence-electron chi connectivity index (χ0n) is 8.24. The van der Waals surface area contributed by atoms with Gasteiger partial charge in [0, 0.05) is 0 Å². The molecule has 10 nitrogen and oxygen atoms in total. The Balaban J connectivity index is 3.54. The smallest absolute Gasteiger partial charge is 0.464 e. The maximum atomic E-state index is 11.2. The summed E-state index contributed by atoms with van der Waals surface area (Å²) in [5.41, 5.74) is -1.54. The summed E-state index contributed by atoms with van der Waals surface area (Å²) in [5, 5.41) is 24.4. The summed E-state index contributed by atoms with van der Waals surface area (Å²) in [6.45, 7) is 0. The summed E-state index contributed by atoms with van der Waals surface area (Å²) in [6, 6.07) is 0. The van der Waals surface area contributed by atoms with Crippen molar-refractivity contribution < 1.29 is 19.4 Å². The molecule has 1 aromatic rings. The number of esters is 1. The van der Waals surface area contributed by atoms with Crippen molar-refractivity contribution in [2.45, 2.75) is 0 Å². The monoisotopic (exact) mass is 230 g/mol. The zero-order chi connectivity index (χ0) is 12.5. The van der Waals surface area contributed by atoms with Gasteiger partial charge in [0.2, 0.25) is 0 Å². The van der Waals surface area contributed by atoms with Crippen LogP contribution in [0.2, 0.25) is 0 Å². The van der Waals surface area contributed by atoms with Gasteiger partial charge in [-0.25, -0.2) is 4.79 Å². The second-order valence-corrected chi connectivity index (χ2v) is 2.65. The first-order chi connectivity index (χ1) is 7.40. The molecule has 0 fully saturated rings. The summed E-state index contributed by atoms with van der Waals surface area (Å²) < 4.78 is 5.01. The maximum Gasteiger partial charge on any atom is 0.468 e. The number of nitrogens with zero attached hydrogens (tertiary/aromatic N) is 4. The largest absolute Gasteiger partial charge is 0.468 e. The number of ether oxygens (including phenoxy) is 1. The first-order valence-electron chi connectivity index (χ1n) is 3.84. The van der Waals surface area contributed by atoms with Crippen molar-refractivity contribution in [2.75, 3.05) is 7.11 Å².